The molecule has 2 unspecified atom stereocenters. The van der Waals surface area contributed by atoms with Crippen molar-refractivity contribution in [2.45, 2.75) is 19.1 Å². The lowest BCUT2D eigenvalue weighted by molar-refractivity contribution is -0.0157. The number of pyridine rings is 1. The summed E-state index contributed by atoms with van der Waals surface area (Å²) in [5.74, 6) is 0. The van der Waals surface area contributed by atoms with Gasteiger partial charge in [0, 0.05) is 11.3 Å². The third-order valence-corrected chi connectivity index (χ3v) is 2.17. The number of aliphatic hydroxyl groups excluding tert-OH is 3. The van der Waals surface area contributed by atoms with Crippen molar-refractivity contribution in [3.05, 3.63) is 28.5 Å². The Labute approximate surface area is 86.8 Å². The molecule has 78 valence electrons. The van der Waals surface area contributed by atoms with Gasteiger partial charge in [-0.05, 0) is 13.0 Å². The molecule has 2 atom stereocenters. The zero-order valence-electron chi connectivity index (χ0n) is 7.68. The fraction of sp³-hybridized carbons (Fsp3) is 0.444. The molecule has 0 aliphatic rings. The minimum atomic E-state index is -1.20. The Morgan fingerprint density at radius 2 is 2.07 bits per heavy atom. The lowest BCUT2D eigenvalue weighted by atomic mass is 10.0. The highest BCUT2D eigenvalue weighted by Gasteiger charge is 2.19. The average Bonchev–Trinajstić information content (AvgIpc) is 2.15. The summed E-state index contributed by atoms with van der Waals surface area (Å²) in [6.45, 7) is 1.18. The molecule has 0 saturated carbocycles. The summed E-state index contributed by atoms with van der Waals surface area (Å²) in [6.07, 6.45) is -2.33. The Kier molecular flexibility index (Phi) is 3.83. The highest BCUT2D eigenvalue weighted by molar-refractivity contribution is 6.29. The number of nitrogens with zero attached hydrogens (tertiary/aromatic N) is 1. The van der Waals surface area contributed by atoms with Crippen molar-refractivity contribution in [2.24, 2.45) is 0 Å². The van der Waals surface area contributed by atoms with Crippen molar-refractivity contribution in [3.8, 4) is 0 Å². The molecule has 0 aliphatic heterocycles. The van der Waals surface area contributed by atoms with Crippen molar-refractivity contribution < 1.29 is 15.3 Å². The standard InChI is InChI=1S/C9H12ClNO3/c1-5-6(2-3-8(10)11-5)9(14)7(13)4-12/h2-3,7,9,12-14H,4H2,1H3. The lowest BCUT2D eigenvalue weighted by Crippen LogP contribution is -2.22. The first kappa shape index (κ1) is 11.4. The Morgan fingerprint density at radius 3 is 2.57 bits per heavy atom. The molecule has 0 bridgehead atoms. The first-order valence-corrected chi connectivity index (χ1v) is 4.54. The maximum absolute atomic E-state index is 9.57. The van der Waals surface area contributed by atoms with Gasteiger partial charge in [-0.1, -0.05) is 17.7 Å². The van der Waals surface area contributed by atoms with Crippen LogP contribution in [-0.4, -0.2) is 33.0 Å². The maximum atomic E-state index is 9.57. The van der Waals surface area contributed by atoms with E-state index >= 15 is 0 Å². The van der Waals surface area contributed by atoms with Crippen LogP contribution in [0.4, 0.5) is 0 Å². The van der Waals surface area contributed by atoms with Crippen molar-refractivity contribution in [2.75, 3.05) is 6.61 Å². The van der Waals surface area contributed by atoms with Crippen LogP contribution in [0.15, 0.2) is 12.1 Å². The fourth-order valence-electron chi connectivity index (χ4n) is 1.16. The number of halogens is 1. The van der Waals surface area contributed by atoms with E-state index in [1.54, 1.807) is 13.0 Å². The number of hydrogen-bond acceptors (Lipinski definition) is 4. The highest BCUT2D eigenvalue weighted by Crippen LogP contribution is 2.20. The van der Waals surface area contributed by atoms with Gasteiger partial charge in [0.2, 0.25) is 0 Å². The first-order valence-electron chi connectivity index (χ1n) is 4.16. The van der Waals surface area contributed by atoms with E-state index in [1.807, 2.05) is 0 Å². The smallest absolute Gasteiger partial charge is 0.129 e. The van der Waals surface area contributed by atoms with Crippen LogP contribution in [-0.2, 0) is 0 Å². The molecular formula is C9H12ClNO3. The number of hydrogen-bond donors (Lipinski definition) is 3. The second kappa shape index (κ2) is 4.70. The van der Waals surface area contributed by atoms with Crippen molar-refractivity contribution in [1.82, 2.24) is 4.98 Å². The SMILES string of the molecule is Cc1nc(Cl)ccc1C(O)C(O)CO. The Bertz CT molecular complexity index is 319. The van der Waals surface area contributed by atoms with E-state index in [0.29, 0.717) is 16.4 Å². The molecule has 0 aromatic carbocycles. The molecule has 1 rings (SSSR count). The zero-order chi connectivity index (χ0) is 10.7. The van der Waals surface area contributed by atoms with Crippen LogP contribution in [0.5, 0.6) is 0 Å². The largest absolute Gasteiger partial charge is 0.394 e. The Balaban J connectivity index is 2.95. The summed E-state index contributed by atoms with van der Waals surface area (Å²) < 4.78 is 0. The molecule has 0 fully saturated rings. The van der Waals surface area contributed by atoms with Gasteiger partial charge in [-0.25, -0.2) is 4.98 Å². The van der Waals surface area contributed by atoms with Crippen LogP contribution < -0.4 is 0 Å². The molecule has 0 saturated heterocycles. The Morgan fingerprint density at radius 1 is 1.43 bits per heavy atom. The van der Waals surface area contributed by atoms with Crippen LogP contribution in [0, 0.1) is 6.92 Å². The molecule has 14 heavy (non-hydrogen) atoms. The topological polar surface area (TPSA) is 73.6 Å². The molecule has 0 radical (unpaired) electrons. The molecule has 0 spiro atoms. The van der Waals surface area contributed by atoms with Crippen molar-refractivity contribution in [3.63, 3.8) is 0 Å². The molecular weight excluding hydrogens is 206 g/mol. The molecule has 0 amide bonds. The van der Waals surface area contributed by atoms with Gasteiger partial charge in [-0.15, -0.1) is 0 Å². The third-order valence-electron chi connectivity index (χ3n) is 1.96. The van der Waals surface area contributed by atoms with E-state index in [9.17, 15) is 10.2 Å². The lowest BCUT2D eigenvalue weighted by Gasteiger charge is -2.17. The molecule has 5 heteroatoms. The van der Waals surface area contributed by atoms with Gasteiger partial charge in [0.05, 0.1) is 6.61 Å². The summed E-state index contributed by atoms with van der Waals surface area (Å²) in [6, 6.07) is 3.10. The van der Waals surface area contributed by atoms with E-state index in [0.717, 1.165) is 0 Å². The van der Waals surface area contributed by atoms with Gasteiger partial charge in [0.1, 0.15) is 17.4 Å². The van der Waals surface area contributed by atoms with Gasteiger partial charge in [-0.2, -0.15) is 0 Å². The summed E-state index contributed by atoms with van der Waals surface area (Å²) in [5.41, 5.74) is 1.01. The minimum absolute atomic E-state index is 0.330. The molecule has 1 aromatic rings. The van der Waals surface area contributed by atoms with E-state index in [2.05, 4.69) is 4.98 Å². The average molecular weight is 218 g/mol. The van der Waals surface area contributed by atoms with Gasteiger partial charge in [0.25, 0.3) is 0 Å². The normalized spacial score (nSPS) is 15.2. The minimum Gasteiger partial charge on any atom is -0.394 e. The molecule has 0 aliphatic carbocycles. The van der Waals surface area contributed by atoms with E-state index < -0.39 is 18.8 Å². The third kappa shape index (κ3) is 2.42. The number of aliphatic hydroxyl groups is 3. The predicted octanol–water partition coefficient (Wildman–Crippen LogP) is 0.430. The second-order valence-corrected chi connectivity index (χ2v) is 3.39. The van der Waals surface area contributed by atoms with E-state index in [4.69, 9.17) is 16.7 Å². The monoisotopic (exact) mass is 217 g/mol. The van der Waals surface area contributed by atoms with E-state index in [1.165, 1.54) is 6.07 Å². The summed E-state index contributed by atoms with van der Waals surface area (Å²) in [5, 5.41) is 27.8. The van der Waals surface area contributed by atoms with Gasteiger partial charge in [0.15, 0.2) is 0 Å². The second-order valence-electron chi connectivity index (χ2n) is 3.00. The van der Waals surface area contributed by atoms with E-state index in [-0.39, 0.29) is 0 Å². The summed E-state index contributed by atoms with van der Waals surface area (Å²) >= 11 is 5.63. The van der Waals surface area contributed by atoms with Crippen molar-refractivity contribution >= 4 is 11.6 Å². The number of rotatable bonds is 3. The van der Waals surface area contributed by atoms with Gasteiger partial charge in [-0.3, -0.25) is 0 Å². The zero-order valence-corrected chi connectivity index (χ0v) is 8.44. The molecule has 3 N–H and O–H groups in total. The fourth-order valence-corrected chi connectivity index (χ4v) is 1.35. The summed E-state index contributed by atoms with van der Waals surface area (Å²) in [7, 11) is 0. The highest BCUT2D eigenvalue weighted by atomic mass is 35.5. The van der Waals surface area contributed by atoms with Crippen LogP contribution in [0.2, 0.25) is 5.15 Å². The van der Waals surface area contributed by atoms with Crippen LogP contribution >= 0.6 is 11.6 Å². The summed E-state index contributed by atoms with van der Waals surface area (Å²) in [4.78, 5) is 3.92. The van der Waals surface area contributed by atoms with Crippen LogP contribution in [0.25, 0.3) is 0 Å². The number of aromatic nitrogens is 1. The maximum Gasteiger partial charge on any atom is 0.129 e. The first-order chi connectivity index (χ1) is 6.56. The predicted molar refractivity (Wildman–Crippen MR) is 52.0 cm³/mol. The molecule has 4 nitrogen and oxygen atoms in total. The molecule has 1 heterocycles. The van der Waals surface area contributed by atoms with Crippen LogP contribution in [0.1, 0.15) is 17.4 Å². The Hall–Kier alpha value is -0.680. The van der Waals surface area contributed by atoms with Crippen LogP contribution in [0.3, 0.4) is 0 Å². The quantitative estimate of drug-likeness (QED) is 0.642. The number of aryl methyl sites for hydroxylation is 1. The van der Waals surface area contributed by atoms with Crippen molar-refractivity contribution in [1.29, 1.82) is 0 Å². The van der Waals surface area contributed by atoms with Gasteiger partial charge >= 0.3 is 0 Å². The van der Waals surface area contributed by atoms with Gasteiger partial charge < -0.3 is 15.3 Å². The molecule has 1 aromatic heterocycles.